The first-order chi connectivity index (χ1) is 9.15. The number of aromatic amines is 1. The second-order valence-corrected chi connectivity index (χ2v) is 4.05. The molecule has 1 aromatic carbocycles. The number of nitrogens with zero attached hydrogens (tertiary/aromatic N) is 1. The number of carboxylic acid groups (broad SMARTS) is 1. The smallest absolute Gasteiger partial charge is 0.335 e. The summed E-state index contributed by atoms with van der Waals surface area (Å²) in [6.07, 6.45) is 4.81. The van der Waals surface area contributed by atoms with E-state index in [2.05, 4.69) is 15.3 Å². The zero-order valence-electron chi connectivity index (χ0n) is 9.68. The number of carboxylic acids is 1. The number of carbonyl (C=O) groups is 2. The molecule has 0 aliphatic carbocycles. The number of fused-ring (bicyclic) bond motifs is 1. The third-order valence-electron chi connectivity index (χ3n) is 2.85. The van der Waals surface area contributed by atoms with Crippen LogP contribution in [-0.2, 0) is 4.79 Å². The highest BCUT2D eigenvalue weighted by Gasteiger charge is 2.25. The molecule has 0 fully saturated rings. The minimum Gasteiger partial charge on any atom is -0.478 e. The van der Waals surface area contributed by atoms with Crippen LogP contribution in [0.1, 0.15) is 21.7 Å². The van der Waals surface area contributed by atoms with Crippen molar-refractivity contribution < 1.29 is 14.7 Å². The van der Waals surface area contributed by atoms with E-state index in [4.69, 9.17) is 5.11 Å². The minimum atomic E-state index is -1.03. The fourth-order valence-corrected chi connectivity index (χ4v) is 1.96. The van der Waals surface area contributed by atoms with Crippen LogP contribution in [0.4, 0.5) is 5.69 Å². The van der Waals surface area contributed by atoms with Crippen LogP contribution in [0, 0.1) is 0 Å². The fraction of sp³-hybridized carbons (Fsp3) is 0. The van der Waals surface area contributed by atoms with Gasteiger partial charge in [-0.2, -0.15) is 0 Å². The predicted molar refractivity (Wildman–Crippen MR) is 68.5 cm³/mol. The van der Waals surface area contributed by atoms with Crippen molar-refractivity contribution in [2.24, 2.45) is 0 Å². The third kappa shape index (κ3) is 1.89. The number of benzene rings is 1. The Labute approximate surface area is 107 Å². The van der Waals surface area contributed by atoms with Gasteiger partial charge in [-0.3, -0.25) is 4.79 Å². The van der Waals surface area contributed by atoms with Crippen LogP contribution in [0.2, 0.25) is 0 Å². The van der Waals surface area contributed by atoms with Crippen molar-refractivity contribution in [3.8, 4) is 0 Å². The first-order valence-corrected chi connectivity index (χ1v) is 5.55. The van der Waals surface area contributed by atoms with Gasteiger partial charge < -0.3 is 15.4 Å². The zero-order chi connectivity index (χ0) is 13.4. The molecule has 19 heavy (non-hydrogen) atoms. The highest BCUT2D eigenvalue weighted by atomic mass is 16.4. The number of hydrogen-bond donors (Lipinski definition) is 3. The van der Waals surface area contributed by atoms with Crippen molar-refractivity contribution >= 4 is 29.2 Å². The average Bonchev–Trinajstić information content (AvgIpc) is 2.98. The van der Waals surface area contributed by atoms with Gasteiger partial charge in [0.15, 0.2) is 0 Å². The van der Waals surface area contributed by atoms with Crippen molar-refractivity contribution in [1.82, 2.24) is 9.97 Å². The lowest BCUT2D eigenvalue weighted by Crippen LogP contribution is -2.03. The summed E-state index contributed by atoms with van der Waals surface area (Å²) in [6, 6.07) is 4.52. The average molecular weight is 255 g/mol. The number of rotatable bonds is 2. The van der Waals surface area contributed by atoms with E-state index < -0.39 is 5.97 Å². The summed E-state index contributed by atoms with van der Waals surface area (Å²) in [5, 5.41) is 11.7. The van der Waals surface area contributed by atoms with Crippen LogP contribution < -0.4 is 5.32 Å². The molecule has 0 atom stereocenters. The third-order valence-corrected chi connectivity index (χ3v) is 2.85. The number of aromatic carboxylic acids is 1. The van der Waals surface area contributed by atoms with E-state index in [1.165, 1.54) is 12.1 Å². The topological polar surface area (TPSA) is 95.1 Å². The molecular weight excluding hydrogens is 246 g/mol. The molecule has 1 aliphatic rings. The Balaban J connectivity index is 2.12. The van der Waals surface area contributed by atoms with Gasteiger partial charge in [-0.15, -0.1) is 0 Å². The number of amides is 1. The van der Waals surface area contributed by atoms with Gasteiger partial charge in [0.2, 0.25) is 0 Å². The number of nitrogens with one attached hydrogen (secondary N) is 2. The lowest BCUT2D eigenvalue weighted by atomic mass is 10.0. The summed E-state index contributed by atoms with van der Waals surface area (Å²) in [5.41, 5.74) is 1.71. The van der Waals surface area contributed by atoms with Crippen molar-refractivity contribution in [1.29, 1.82) is 0 Å². The summed E-state index contributed by atoms with van der Waals surface area (Å²) >= 11 is 0. The highest BCUT2D eigenvalue weighted by Crippen LogP contribution is 2.33. The molecule has 0 radical (unpaired) electrons. The maximum Gasteiger partial charge on any atom is 0.335 e. The Morgan fingerprint density at radius 1 is 1.37 bits per heavy atom. The van der Waals surface area contributed by atoms with E-state index in [0.29, 0.717) is 22.6 Å². The Hall–Kier alpha value is -2.89. The van der Waals surface area contributed by atoms with Gasteiger partial charge in [0.25, 0.3) is 5.91 Å². The largest absolute Gasteiger partial charge is 0.478 e. The van der Waals surface area contributed by atoms with Gasteiger partial charge in [-0.25, -0.2) is 9.78 Å². The molecule has 1 aromatic heterocycles. The number of anilines is 1. The van der Waals surface area contributed by atoms with E-state index >= 15 is 0 Å². The molecule has 94 valence electrons. The van der Waals surface area contributed by atoms with Gasteiger partial charge in [0.1, 0.15) is 5.82 Å². The van der Waals surface area contributed by atoms with Crippen LogP contribution in [0.15, 0.2) is 30.6 Å². The summed E-state index contributed by atoms with van der Waals surface area (Å²) in [7, 11) is 0. The number of hydrogen-bond acceptors (Lipinski definition) is 3. The molecule has 1 aliphatic heterocycles. The first kappa shape index (κ1) is 11.2. The molecule has 0 unspecified atom stereocenters. The van der Waals surface area contributed by atoms with Crippen LogP contribution in [0.25, 0.3) is 11.6 Å². The normalized spacial score (nSPS) is 15.4. The highest BCUT2D eigenvalue weighted by molar-refractivity contribution is 6.35. The van der Waals surface area contributed by atoms with Crippen LogP contribution >= 0.6 is 0 Å². The van der Waals surface area contributed by atoms with Crippen LogP contribution in [0.3, 0.4) is 0 Å². The first-order valence-electron chi connectivity index (χ1n) is 5.55. The molecule has 6 heteroatoms. The Morgan fingerprint density at radius 3 is 2.89 bits per heavy atom. The van der Waals surface area contributed by atoms with E-state index in [-0.39, 0.29) is 11.5 Å². The molecule has 6 nitrogen and oxygen atoms in total. The molecule has 3 rings (SSSR count). The monoisotopic (exact) mass is 255 g/mol. The quantitative estimate of drug-likeness (QED) is 0.710. The van der Waals surface area contributed by atoms with E-state index in [0.717, 1.165) is 0 Å². The second-order valence-electron chi connectivity index (χ2n) is 4.05. The maximum atomic E-state index is 11.9. The summed E-state index contributed by atoms with van der Waals surface area (Å²) in [6.45, 7) is 0. The minimum absolute atomic E-state index is 0.139. The zero-order valence-corrected chi connectivity index (χ0v) is 9.68. The lowest BCUT2D eigenvalue weighted by molar-refractivity contribution is -0.110. The SMILES string of the molecule is O=C1Nc2ccc(C(=O)O)cc2/C1=C/c1ncc[nH]1. The van der Waals surface area contributed by atoms with Gasteiger partial charge in [0.05, 0.1) is 11.1 Å². The van der Waals surface area contributed by atoms with Gasteiger partial charge in [-0.05, 0) is 24.3 Å². The second kappa shape index (κ2) is 4.09. The number of carbonyl (C=O) groups excluding carboxylic acids is 1. The lowest BCUT2D eigenvalue weighted by Gasteiger charge is -2.00. The van der Waals surface area contributed by atoms with E-state index in [1.807, 2.05) is 0 Å². The molecular formula is C13H9N3O3. The predicted octanol–water partition coefficient (Wildman–Crippen LogP) is 1.60. The standard InChI is InChI=1S/C13H9N3O3/c17-12-9(6-11-14-3-4-15-11)8-5-7(13(18)19)1-2-10(8)16-12/h1-6H,(H,14,15)(H,16,17)(H,18,19)/b9-6-. The van der Waals surface area contributed by atoms with Crippen molar-refractivity contribution in [3.05, 3.63) is 47.5 Å². The molecule has 3 N–H and O–H groups in total. The molecule has 0 saturated carbocycles. The summed E-state index contributed by atoms with van der Waals surface area (Å²) in [4.78, 5) is 29.7. The van der Waals surface area contributed by atoms with E-state index in [9.17, 15) is 9.59 Å². The molecule has 1 amide bonds. The number of imidazole rings is 1. The van der Waals surface area contributed by atoms with Gasteiger partial charge >= 0.3 is 5.97 Å². The molecule has 0 saturated heterocycles. The number of H-pyrrole nitrogens is 1. The van der Waals surface area contributed by atoms with Crippen molar-refractivity contribution in [3.63, 3.8) is 0 Å². The fourth-order valence-electron chi connectivity index (χ4n) is 1.96. The summed E-state index contributed by atoms with van der Waals surface area (Å²) in [5.74, 6) is -0.757. The molecule has 0 spiro atoms. The van der Waals surface area contributed by atoms with Gasteiger partial charge in [-0.1, -0.05) is 0 Å². The van der Waals surface area contributed by atoms with Crippen molar-refractivity contribution in [2.75, 3.05) is 5.32 Å². The van der Waals surface area contributed by atoms with Crippen LogP contribution in [0.5, 0.6) is 0 Å². The van der Waals surface area contributed by atoms with Crippen molar-refractivity contribution in [2.45, 2.75) is 0 Å². The molecule has 2 aromatic rings. The van der Waals surface area contributed by atoms with E-state index in [1.54, 1.807) is 24.5 Å². The number of aromatic nitrogens is 2. The maximum absolute atomic E-state index is 11.9. The molecule has 2 heterocycles. The Bertz CT molecular complexity index is 702. The Morgan fingerprint density at radius 2 is 2.21 bits per heavy atom. The summed E-state index contributed by atoms with van der Waals surface area (Å²) < 4.78 is 0. The Kier molecular flexibility index (Phi) is 2.42. The molecule has 0 bridgehead atoms. The van der Waals surface area contributed by atoms with Gasteiger partial charge in [0, 0.05) is 23.6 Å². The van der Waals surface area contributed by atoms with Crippen LogP contribution in [-0.4, -0.2) is 27.0 Å².